The normalized spacial score (nSPS) is 12.2. The second-order valence-electron chi connectivity index (χ2n) is 4.76. The number of aliphatic carboxylic acids is 1. The number of hydrogen-bond donors (Lipinski definition) is 3. The lowest BCUT2D eigenvalue weighted by Gasteiger charge is -2.21. The molecule has 0 aromatic carbocycles. The average molecular weight is 269 g/mol. The first-order valence-corrected chi connectivity index (χ1v) is 5.98. The molecular weight excluding hydrogens is 250 g/mol. The van der Waals surface area contributed by atoms with Gasteiger partial charge in [0.25, 0.3) is 0 Å². The molecule has 0 aliphatic carbocycles. The smallest absolute Gasteiger partial charge is 0.326 e. The first-order valence-electron chi connectivity index (χ1n) is 5.98. The van der Waals surface area contributed by atoms with Gasteiger partial charge in [-0.25, -0.2) is 14.6 Å². The van der Waals surface area contributed by atoms with Gasteiger partial charge in [0.05, 0.1) is 6.54 Å². The van der Waals surface area contributed by atoms with Crippen LogP contribution in [0, 0.1) is 5.92 Å². The maximum atomic E-state index is 11.9. The van der Waals surface area contributed by atoms with Crippen molar-refractivity contribution in [3.8, 4) is 0 Å². The lowest BCUT2D eigenvalue weighted by molar-refractivity contribution is -0.139. The zero-order chi connectivity index (χ0) is 14.4. The summed E-state index contributed by atoms with van der Waals surface area (Å²) in [5.41, 5.74) is 0. The fourth-order valence-electron chi connectivity index (χ4n) is 1.56. The summed E-state index contributed by atoms with van der Waals surface area (Å²) < 4.78 is 0. The molecule has 1 heterocycles. The van der Waals surface area contributed by atoms with E-state index in [4.69, 9.17) is 5.11 Å². The van der Waals surface area contributed by atoms with Crippen LogP contribution in [-0.4, -0.2) is 50.3 Å². The Morgan fingerprint density at radius 2 is 2.21 bits per heavy atom. The van der Waals surface area contributed by atoms with Gasteiger partial charge in [0.15, 0.2) is 0 Å². The highest BCUT2D eigenvalue weighted by atomic mass is 16.4. The average Bonchev–Trinajstić information content (AvgIpc) is 2.79. The molecule has 1 atom stereocenters. The number of nitrogens with one attached hydrogen (secondary N) is 2. The van der Waals surface area contributed by atoms with E-state index in [2.05, 4.69) is 20.5 Å². The fourth-order valence-corrected chi connectivity index (χ4v) is 1.56. The van der Waals surface area contributed by atoms with Gasteiger partial charge in [-0.2, -0.15) is 5.10 Å². The van der Waals surface area contributed by atoms with Crippen molar-refractivity contribution in [2.24, 2.45) is 5.92 Å². The third kappa shape index (κ3) is 4.94. The summed E-state index contributed by atoms with van der Waals surface area (Å²) in [6.45, 7) is 4.04. The van der Waals surface area contributed by atoms with Crippen LogP contribution in [0.3, 0.4) is 0 Å². The van der Waals surface area contributed by atoms with Gasteiger partial charge in [0, 0.05) is 7.05 Å². The van der Waals surface area contributed by atoms with Gasteiger partial charge < -0.3 is 15.3 Å². The van der Waals surface area contributed by atoms with Crippen molar-refractivity contribution in [1.29, 1.82) is 0 Å². The van der Waals surface area contributed by atoms with Gasteiger partial charge >= 0.3 is 12.0 Å². The Bertz CT molecular complexity index is 418. The van der Waals surface area contributed by atoms with Crippen LogP contribution in [0.25, 0.3) is 0 Å². The number of nitrogens with zero attached hydrogens (tertiary/aromatic N) is 3. The molecule has 0 bridgehead atoms. The summed E-state index contributed by atoms with van der Waals surface area (Å²) in [6, 6.07) is -1.34. The maximum absolute atomic E-state index is 11.9. The molecule has 0 fully saturated rings. The predicted octanol–water partition coefficient (Wildman–Crippen LogP) is 0.445. The lowest BCUT2D eigenvalue weighted by atomic mass is 10.0. The van der Waals surface area contributed by atoms with Gasteiger partial charge in [-0.1, -0.05) is 13.8 Å². The number of carboxylic acid groups (broad SMARTS) is 1. The van der Waals surface area contributed by atoms with Crippen molar-refractivity contribution in [3.63, 3.8) is 0 Å². The number of hydrogen-bond acceptors (Lipinski definition) is 4. The van der Waals surface area contributed by atoms with E-state index in [0.717, 1.165) is 0 Å². The van der Waals surface area contributed by atoms with E-state index in [0.29, 0.717) is 12.2 Å². The van der Waals surface area contributed by atoms with Crippen molar-refractivity contribution in [1.82, 2.24) is 25.4 Å². The molecule has 0 spiro atoms. The van der Waals surface area contributed by atoms with Gasteiger partial charge in [0.2, 0.25) is 0 Å². The van der Waals surface area contributed by atoms with E-state index in [1.165, 1.54) is 11.2 Å². The zero-order valence-electron chi connectivity index (χ0n) is 11.3. The van der Waals surface area contributed by atoms with Crippen LogP contribution in [0.2, 0.25) is 0 Å². The number of carbonyl (C=O) groups is 2. The minimum absolute atomic E-state index is 0.181. The number of aromatic nitrogens is 3. The summed E-state index contributed by atoms with van der Waals surface area (Å²) in [4.78, 5) is 28.1. The molecule has 3 N–H and O–H groups in total. The molecule has 8 nitrogen and oxygen atoms in total. The predicted molar refractivity (Wildman–Crippen MR) is 67.3 cm³/mol. The van der Waals surface area contributed by atoms with E-state index in [1.807, 2.05) is 13.8 Å². The van der Waals surface area contributed by atoms with Crippen LogP contribution in [-0.2, 0) is 11.3 Å². The quantitative estimate of drug-likeness (QED) is 0.694. The fraction of sp³-hybridized carbons (Fsp3) is 0.636. The Labute approximate surface area is 111 Å². The highest BCUT2D eigenvalue weighted by molar-refractivity contribution is 5.82. The zero-order valence-corrected chi connectivity index (χ0v) is 11.3. The third-order valence-corrected chi connectivity index (χ3v) is 2.50. The molecular formula is C11H19N5O3. The molecule has 0 saturated carbocycles. The van der Waals surface area contributed by atoms with E-state index >= 15 is 0 Å². The van der Waals surface area contributed by atoms with Crippen LogP contribution in [0.5, 0.6) is 0 Å². The molecule has 19 heavy (non-hydrogen) atoms. The minimum Gasteiger partial charge on any atom is -0.480 e. The lowest BCUT2D eigenvalue weighted by Crippen LogP contribution is -2.47. The number of urea groups is 1. The second kappa shape index (κ2) is 6.72. The third-order valence-electron chi connectivity index (χ3n) is 2.50. The number of aromatic amines is 1. The Hall–Kier alpha value is -2.12. The first kappa shape index (κ1) is 14.9. The molecule has 1 aromatic heterocycles. The summed E-state index contributed by atoms with van der Waals surface area (Å²) in [5, 5.41) is 17.8. The van der Waals surface area contributed by atoms with Gasteiger partial charge in [-0.05, 0) is 12.3 Å². The van der Waals surface area contributed by atoms with E-state index in [1.54, 1.807) is 7.05 Å². The first-order chi connectivity index (χ1) is 8.90. The van der Waals surface area contributed by atoms with E-state index < -0.39 is 18.0 Å². The Morgan fingerprint density at radius 1 is 1.53 bits per heavy atom. The number of carboxylic acids is 1. The number of H-pyrrole nitrogens is 1. The molecule has 0 radical (unpaired) electrons. The number of rotatable bonds is 6. The number of amides is 2. The van der Waals surface area contributed by atoms with E-state index in [9.17, 15) is 9.59 Å². The highest BCUT2D eigenvalue weighted by Gasteiger charge is 2.22. The van der Waals surface area contributed by atoms with Crippen LogP contribution >= 0.6 is 0 Å². The van der Waals surface area contributed by atoms with Crippen molar-refractivity contribution in [2.45, 2.75) is 32.9 Å². The van der Waals surface area contributed by atoms with E-state index in [-0.39, 0.29) is 12.5 Å². The largest absolute Gasteiger partial charge is 0.480 e. The Balaban J connectivity index is 2.53. The second-order valence-corrected chi connectivity index (χ2v) is 4.76. The molecule has 0 aliphatic heterocycles. The SMILES string of the molecule is CC(C)CC(NC(=O)N(C)Cc1ncn[nH]1)C(=O)O. The molecule has 0 saturated heterocycles. The summed E-state index contributed by atoms with van der Waals surface area (Å²) in [7, 11) is 1.56. The summed E-state index contributed by atoms with van der Waals surface area (Å²) in [6.07, 6.45) is 1.73. The molecule has 0 aliphatic rings. The number of carbonyl (C=O) groups excluding carboxylic acids is 1. The topological polar surface area (TPSA) is 111 Å². The molecule has 1 unspecified atom stereocenters. The molecule has 2 amide bonds. The van der Waals surface area contributed by atoms with Crippen LogP contribution in [0.15, 0.2) is 6.33 Å². The van der Waals surface area contributed by atoms with Crippen molar-refractivity contribution < 1.29 is 14.7 Å². The van der Waals surface area contributed by atoms with Crippen molar-refractivity contribution in [2.75, 3.05) is 7.05 Å². The molecule has 1 aromatic rings. The van der Waals surface area contributed by atoms with Gasteiger partial charge in [-0.3, -0.25) is 5.10 Å². The van der Waals surface area contributed by atoms with Gasteiger partial charge in [-0.15, -0.1) is 0 Å². The molecule has 1 rings (SSSR count). The van der Waals surface area contributed by atoms with Crippen molar-refractivity contribution >= 4 is 12.0 Å². The summed E-state index contributed by atoms with van der Waals surface area (Å²) in [5.74, 6) is -0.315. The van der Waals surface area contributed by atoms with Gasteiger partial charge in [0.1, 0.15) is 18.2 Å². The van der Waals surface area contributed by atoms with Crippen LogP contribution in [0.1, 0.15) is 26.1 Å². The van der Waals surface area contributed by atoms with Crippen LogP contribution < -0.4 is 5.32 Å². The standard InChI is InChI=1S/C11H19N5O3/c1-7(2)4-8(10(17)18)14-11(19)16(3)5-9-12-6-13-15-9/h6-8H,4-5H2,1-3H3,(H,14,19)(H,17,18)(H,12,13,15). The Morgan fingerprint density at radius 3 is 2.68 bits per heavy atom. The maximum Gasteiger partial charge on any atom is 0.326 e. The molecule has 106 valence electrons. The highest BCUT2D eigenvalue weighted by Crippen LogP contribution is 2.06. The molecule has 8 heteroatoms. The Kier molecular flexibility index (Phi) is 5.28. The summed E-state index contributed by atoms with van der Waals surface area (Å²) >= 11 is 0. The van der Waals surface area contributed by atoms with Crippen LogP contribution in [0.4, 0.5) is 4.79 Å². The van der Waals surface area contributed by atoms with Crippen molar-refractivity contribution in [3.05, 3.63) is 12.2 Å². The monoisotopic (exact) mass is 269 g/mol. The minimum atomic E-state index is -1.03.